The van der Waals surface area contributed by atoms with Crippen molar-refractivity contribution in [1.29, 1.82) is 0 Å². The molecule has 6 nitrogen and oxygen atoms in total. The number of benzene rings is 1. The van der Waals surface area contributed by atoms with Gasteiger partial charge in [-0.2, -0.15) is 4.31 Å². The Morgan fingerprint density at radius 3 is 2.33 bits per heavy atom. The number of nitrogens with two attached hydrogens (primary N) is 1. The first kappa shape index (κ1) is 17.5. The quantitative estimate of drug-likeness (QED) is 0.745. The summed E-state index contributed by atoms with van der Waals surface area (Å²) in [6.07, 6.45) is 1.50. The molecule has 7 heteroatoms. The highest BCUT2D eigenvalue weighted by Crippen LogP contribution is 2.20. The normalized spacial score (nSPS) is 11.6. The van der Waals surface area contributed by atoms with Crippen LogP contribution in [0.15, 0.2) is 29.2 Å². The Kier molecular flexibility index (Phi) is 6.64. The van der Waals surface area contributed by atoms with Crippen LogP contribution in [0.4, 0.5) is 0 Å². The number of unbranched alkanes of at least 4 members (excludes halogenated alkanes) is 1. The molecule has 0 saturated carbocycles. The van der Waals surface area contributed by atoms with Crippen LogP contribution in [-0.4, -0.2) is 38.3 Å². The van der Waals surface area contributed by atoms with E-state index >= 15 is 0 Å². The molecule has 2 N–H and O–H groups in total. The number of carbonyl (C=O) groups excluding carboxylic acids is 1. The summed E-state index contributed by atoms with van der Waals surface area (Å²) in [6, 6.07) is 6.14. The third-order valence-corrected chi connectivity index (χ3v) is 4.73. The van der Waals surface area contributed by atoms with Crippen molar-refractivity contribution in [1.82, 2.24) is 4.31 Å². The van der Waals surface area contributed by atoms with E-state index in [1.807, 2.05) is 13.8 Å². The van der Waals surface area contributed by atoms with Gasteiger partial charge in [-0.25, -0.2) is 8.42 Å². The molecule has 1 amide bonds. The van der Waals surface area contributed by atoms with E-state index in [2.05, 4.69) is 0 Å². The lowest BCUT2D eigenvalue weighted by atomic mass is 10.3. The smallest absolute Gasteiger partial charge is 0.243 e. The molecule has 118 valence electrons. The van der Waals surface area contributed by atoms with Gasteiger partial charge in [-0.3, -0.25) is 4.79 Å². The summed E-state index contributed by atoms with van der Waals surface area (Å²) in [4.78, 5) is 11.2. The van der Waals surface area contributed by atoms with Crippen LogP contribution in [0.3, 0.4) is 0 Å². The molecule has 0 heterocycles. The third-order valence-electron chi connectivity index (χ3n) is 2.87. The highest BCUT2D eigenvalue weighted by molar-refractivity contribution is 7.89. The number of sulfonamides is 1. The first-order valence-electron chi connectivity index (χ1n) is 6.93. The largest absolute Gasteiger partial charge is 0.494 e. The van der Waals surface area contributed by atoms with E-state index in [0.29, 0.717) is 18.8 Å². The van der Waals surface area contributed by atoms with Crippen LogP contribution in [0.2, 0.25) is 0 Å². The van der Waals surface area contributed by atoms with E-state index in [9.17, 15) is 13.2 Å². The van der Waals surface area contributed by atoms with E-state index in [-0.39, 0.29) is 18.0 Å². The fraction of sp³-hybridized carbons (Fsp3) is 0.500. The van der Waals surface area contributed by atoms with Gasteiger partial charge in [0.05, 0.1) is 18.0 Å². The minimum Gasteiger partial charge on any atom is -0.494 e. The maximum Gasteiger partial charge on any atom is 0.243 e. The van der Waals surface area contributed by atoms with Gasteiger partial charge in [-0.1, -0.05) is 13.3 Å². The van der Waals surface area contributed by atoms with Gasteiger partial charge in [0.15, 0.2) is 0 Å². The van der Waals surface area contributed by atoms with Crippen molar-refractivity contribution in [3.8, 4) is 5.75 Å². The van der Waals surface area contributed by atoms with E-state index in [1.54, 1.807) is 12.1 Å². The van der Waals surface area contributed by atoms with Crippen LogP contribution in [0.5, 0.6) is 5.75 Å². The fourth-order valence-corrected chi connectivity index (χ4v) is 3.26. The van der Waals surface area contributed by atoms with Crippen LogP contribution in [-0.2, 0) is 14.8 Å². The first-order chi connectivity index (χ1) is 9.91. The predicted octanol–water partition coefficient (Wildman–Crippen LogP) is 1.36. The second-order valence-electron chi connectivity index (χ2n) is 4.56. The summed E-state index contributed by atoms with van der Waals surface area (Å²) in [5.41, 5.74) is 5.14. The van der Waals surface area contributed by atoms with Crippen molar-refractivity contribution < 1.29 is 17.9 Å². The van der Waals surface area contributed by atoms with Crippen LogP contribution in [0.1, 0.15) is 26.7 Å². The third kappa shape index (κ3) is 5.02. The molecule has 0 radical (unpaired) electrons. The Morgan fingerprint density at radius 2 is 1.86 bits per heavy atom. The van der Waals surface area contributed by atoms with Gasteiger partial charge in [-0.05, 0) is 37.6 Å². The average molecular weight is 314 g/mol. The van der Waals surface area contributed by atoms with Gasteiger partial charge in [0.2, 0.25) is 15.9 Å². The number of carbonyl (C=O) groups is 1. The minimum absolute atomic E-state index is 0.128. The molecule has 1 rings (SSSR count). The molecule has 0 aliphatic heterocycles. The molecule has 0 atom stereocenters. The Hall–Kier alpha value is -1.60. The lowest BCUT2D eigenvalue weighted by Gasteiger charge is -2.20. The summed E-state index contributed by atoms with van der Waals surface area (Å²) in [7, 11) is -3.72. The minimum atomic E-state index is -3.72. The van der Waals surface area contributed by atoms with Crippen molar-refractivity contribution in [3.05, 3.63) is 24.3 Å². The zero-order valence-corrected chi connectivity index (χ0v) is 13.2. The number of ether oxygens (including phenoxy) is 1. The van der Waals surface area contributed by atoms with Crippen molar-refractivity contribution >= 4 is 15.9 Å². The van der Waals surface area contributed by atoms with E-state index in [1.165, 1.54) is 12.1 Å². The van der Waals surface area contributed by atoms with Gasteiger partial charge in [0.25, 0.3) is 0 Å². The SMILES string of the molecule is CCCCN(CC(N)=O)S(=O)(=O)c1ccc(OCC)cc1. The number of amides is 1. The van der Waals surface area contributed by atoms with E-state index < -0.39 is 15.9 Å². The number of hydrogen-bond donors (Lipinski definition) is 1. The molecule has 0 spiro atoms. The first-order valence-corrected chi connectivity index (χ1v) is 8.37. The van der Waals surface area contributed by atoms with Crippen molar-refractivity contribution in [2.75, 3.05) is 19.7 Å². The molecular formula is C14H22N2O4S. The number of nitrogens with zero attached hydrogens (tertiary/aromatic N) is 1. The monoisotopic (exact) mass is 314 g/mol. The second kappa shape index (κ2) is 7.99. The van der Waals surface area contributed by atoms with Gasteiger partial charge < -0.3 is 10.5 Å². The average Bonchev–Trinajstić information content (AvgIpc) is 2.44. The molecule has 0 aliphatic rings. The van der Waals surface area contributed by atoms with E-state index in [0.717, 1.165) is 10.7 Å². The predicted molar refractivity (Wildman–Crippen MR) is 80.5 cm³/mol. The zero-order valence-electron chi connectivity index (χ0n) is 12.4. The lowest BCUT2D eigenvalue weighted by molar-refractivity contribution is -0.118. The molecule has 1 aromatic carbocycles. The Labute approximate surface area is 125 Å². The summed E-state index contributed by atoms with van der Waals surface area (Å²) < 4.78 is 31.4. The number of hydrogen-bond acceptors (Lipinski definition) is 4. The molecule has 0 saturated heterocycles. The summed E-state index contributed by atoms with van der Waals surface area (Å²) in [5.74, 6) is -0.0629. The summed E-state index contributed by atoms with van der Waals surface area (Å²) >= 11 is 0. The van der Waals surface area contributed by atoms with Crippen molar-refractivity contribution in [2.45, 2.75) is 31.6 Å². The summed E-state index contributed by atoms with van der Waals surface area (Å²) in [6.45, 7) is 4.27. The van der Waals surface area contributed by atoms with Gasteiger partial charge in [-0.15, -0.1) is 0 Å². The molecule has 0 unspecified atom stereocenters. The maximum atomic E-state index is 12.5. The number of primary amides is 1. The van der Waals surface area contributed by atoms with Gasteiger partial charge >= 0.3 is 0 Å². The topological polar surface area (TPSA) is 89.7 Å². The Bertz CT molecular complexity index is 555. The van der Waals surface area contributed by atoms with E-state index in [4.69, 9.17) is 10.5 Å². The molecule has 0 aliphatic carbocycles. The maximum absolute atomic E-state index is 12.5. The van der Waals surface area contributed by atoms with Crippen LogP contribution in [0.25, 0.3) is 0 Å². The molecule has 0 bridgehead atoms. The highest BCUT2D eigenvalue weighted by atomic mass is 32.2. The molecule has 21 heavy (non-hydrogen) atoms. The zero-order chi connectivity index (χ0) is 15.9. The van der Waals surface area contributed by atoms with Crippen LogP contribution in [0, 0.1) is 0 Å². The summed E-state index contributed by atoms with van der Waals surface area (Å²) in [5, 5.41) is 0. The molecular weight excluding hydrogens is 292 g/mol. The Balaban J connectivity index is 3.00. The molecule has 1 aromatic rings. The van der Waals surface area contributed by atoms with Crippen molar-refractivity contribution in [3.63, 3.8) is 0 Å². The van der Waals surface area contributed by atoms with Gasteiger partial charge in [0, 0.05) is 6.54 Å². The lowest BCUT2D eigenvalue weighted by Crippen LogP contribution is -2.39. The second-order valence-corrected chi connectivity index (χ2v) is 6.50. The van der Waals surface area contributed by atoms with Crippen molar-refractivity contribution in [2.24, 2.45) is 5.73 Å². The fourth-order valence-electron chi connectivity index (χ4n) is 1.82. The van der Waals surface area contributed by atoms with Crippen LogP contribution < -0.4 is 10.5 Å². The molecule has 0 aromatic heterocycles. The van der Waals surface area contributed by atoms with Gasteiger partial charge in [0.1, 0.15) is 5.75 Å². The standard InChI is InChI=1S/C14H22N2O4S/c1-3-5-10-16(11-14(15)17)21(18,19)13-8-6-12(7-9-13)20-4-2/h6-9H,3-5,10-11H2,1-2H3,(H2,15,17). The molecule has 0 fully saturated rings. The highest BCUT2D eigenvalue weighted by Gasteiger charge is 2.25. The Morgan fingerprint density at radius 1 is 1.24 bits per heavy atom. The number of rotatable bonds is 9. The van der Waals surface area contributed by atoms with Crippen LogP contribution >= 0.6 is 0 Å².